The minimum Gasteiger partial charge on any atom is -0.356 e. The number of carbonyl (C=O) groups excluding carboxylic acids is 1. The zero-order chi connectivity index (χ0) is 18.9. The van der Waals surface area contributed by atoms with Gasteiger partial charge < -0.3 is 10.2 Å². The molecule has 1 aliphatic rings. The van der Waals surface area contributed by atoms with Crippen molar-refractivity contribution in [2.75, 3.05) is 26.2 Å². The Labute approximate surface area is 163 Å². The predicted molar refractivity (Wildman–Crippen MR) is 112 cm³/mol. The van der Waals surface area contributed by atoms with Crippen molar-refractivity contribution in [1.29, 1.82) is 0 Å². The van der Waals surface area contributed by atoms with Gasteiger partial charge in [-0.1, -0.05) is 74.0 Å². The molecule has 1 N–H and O–H groups in total. The molecule has 2 aromatic carbocycles. The number of rotatable bonds is 8. The molecule has 0 spiro atoms. The van der Waals surface area contributed by atoms with Gasteiger partial charge in [-0.25, -0.2) is 0 Å². The zero-order valence-electron chi connectivity index (χ0n) is 16.4. The molecule has 3 rings (SSSR count). The van der Waals surface area contributed by atoms with Gasteiger partial charge >= 0.3 is 0 Å². The summed E-state index contributed by atoms with van der Waals surface area (Å²) in [6, 6.07) is 20.7. The summed E-state index contributed by atoms with van der Waals surface area (Å²) in [5, 5.41) is 3.18. The molecule has 1 atom stereocenters. The van der Waals surface area contributed by atoms with E-state index in [1.165, 1.54) is 43.5 Å². The van der Waals surface area contributed by atoms with E-state index < -0.39 is 0 Å². The maximum absolute atomic E-state index is 12.7. The molecule has 1 heterocycles. The van der Waals surface area contributed by atoms with Crippen LogP contribution in [0.3, 0.4) is 0 Å². The maximum Gasteiger partial charge on any atom is 0.220 e. The maximum atomic E-state index is 12.7. The van der Waals surface area contributed by atoms with E-state index in [0.29, 0.717) is 12.3 Å². The van der Waals surface area contributed by atoms with Crippen LogP contribution < -0.4 is 5.32 Å². The molecule has 1 unspecified atom stereocenters. The van der Waals surface area contributed by atoms with E-state index in [1.54, 1.807) is 0 Å². The van der Waals surface area contributed by atoms with Gasteiger partial charge in [0.25, 0.3) is 0 Å². The number of nitrogens with one attached hydrogen (secondary N) is 1. The van der Waals surface area contributed by atoms with Gasteiger partial charge in [-0.2, -0.15) is 0 Å². The van der Waals surface area contributed by atoms with Crippen LogP contribution in [0.1, 0.15) is 49.7 Å². The lowest BCUT2D eigenvalue weighted by Gasteiger charge is -2.29. The van der Waals surface area contributed by atoms with Crippen LogP contribution in [-0.4, -0.2) is 37.0 Å². The lowest BCUT2D eigenvalue weighted by molar-refractivity contribution is -0.121. The highest BCUT2D eigenvalue weighted by Crippen LogP contribution is 2.27. The highest BCUT2D eigenvalue weighted by Gasteiger charge is 2.19. The second-order valence-electron chi connectivity index (χ2n) is 7.85. The molecular weight excluding hydrogens is 332 g/mol. The third-order valence-electron chi connectivity index (χ3n) is 5.46. The highest BCUT2D eigenvalue weighted by molar-refractivity contribution is 5.77. The molecule has 3 heteroatoms. The molecule has 3 nitrogen and oxygen atoms in total. The largest absolute Gasteiger partial charge is 0.356 e. The smallest absolute Gasteiger partial charge is 0.220 e. The average molecular weight is 365 g/mol. The Morgan fingerprint density at radius 3 is 2.04 bits per heavy atom. The molecule has 0 aliphatic carbocycles. The quantitative estimate of drug-likeness (QED) is 0.751. The number of benzene rings is 2. The molecule has 2 aromatic rings. The standard InChI is InChI=1S/C24H32N2O/c1-20(19-26-15-9-4-10-16-26)18-25-24(27)17-23(21-11-5-2-6-12-21)22-13-7-3-8-14-22/h2-3,5-8,11-14,20,23H,4,9-10,15-19H2,1H3,(H,25,27). The van der Waals surface area contributed by atoms with Gasteiger partial charge in [-0.3, -0.25) is 4.79 Å². The predicted octanol–water partition coefficient (Wildman–Crippen LogP) is 4.45. The fraction of sp³-hybridized carbons (Fsp3) is 0.458. The van der Waals surface area contributed by atoms with Crippen molar-refractivity contribution in [3.05, 3.63) is 71.8 Å². The van der Waals surface area contributed by atoms with E-state index >= 15 is 0 Å². The van der Waals surface area contributed by atoms with Gasteiger partial charge in [0.2, 0.25) is 5.91 Å². The van der Waals surface area contributed by atoms with Gasteiger partial charge in [0, 0.05) is 25.4 Å². The van der Waals surface area contributed by atoms with Crippen molar-refractivity contribution in [3.63, 3.8) is 0 Å². The Balaban J connectivity index is 1.55. The normalized spacial score (nSPS) is 16.2. The van der Waals surface area contributed by atoms with Crippen molar-refractivity contribution in [2.45, 2.75) is 38.5 Å². The van der Waals surface area contributed by atoms with Crippen molar-refractivity contribution < 1.29 is 4.79 Å². The number of nitrogens with zero attached hydrogens (tertiary/aromatic N) is 1. The van der Waals surface area contributed by atoms with Crippen LogP contribution in [-0.2, 0) is 4.79 Å². The third-order valence-corrected chi connectivity index (χ3v) is 5.46. The van der Waals surface area contributed by atoms with E-state index in [9.17, 15) is 4.79 Å². The first-order chi connectivity index (χ1) is 13.2. The molecule has 1 fully saturated rings. The summed E-state index contributed by atoms with van der Waals surface area (Å²) in [5.74, 6) is 0.724. The summed E-state index contributed by atoms with van der Waals surface area (Å²) in [7, 11) is 0. The van der Waals surface area contributed by atoms with Crippen LogP contribution in [0.15, 0.2) is 60.7 Å². The summed E-state index contributed by atoms with van der Waals surface area (Å²) < 4.78 is 0. The van der Waals surface area contributed by atoms with Crippen LogP contribution in [0.25, 0.3) is 0 Å². The van der Waals surface area contributed by atoms with Crippen LogP contribution >= 0.6 is 0 Å². The molecular formula is C24H32N2O. The first kappa shape index (κ1) is 19.6. The summed E-state index contributed by atoms with van der Waals surface area (Å²) in [4.78, 5) is 15.2. The number of amides is 1. The Kier molecular flexibility index (Phi) is 7.46. The topological polar surface area (TPSA) is 32.3 Å². The van der Waals surface area contributed by atoms with Gasteiger partial charge in [0.15, 0.2) is 0 Å². The molecule has 0 radical (unpaired) electrons. The number of likely N-dealkylation sites (tertiary alicyclic amines) is 1. The van der Waals surface area contributed by atoms with Crippen molar-refractivity contribution in [1.82, 2.24) is 10.2 Å². The minimum atomic E-state index is 0.102. The molecule has 0 saturated carbocycles. The number of carbonyl (C=O) groups is 1. The van der Waals surface area contributed by atoms with Gasteiger partial charge in [0.1, 0.15) is 0 Å². The van der Waals surface area contributed by atoms with Gasteiger partial charge in [-0.05, 0) is 43.0 Å². The Bertz CT molecular complexity index is 641. The Hall–Kier alpha value is -2.13. The molecule has 144 valence electrons. The first-order valence-electron chi connectivity index (χ1n) is 10.3. The summed E-state index contributed by atoms with van der Waals surface area (Å²) >= 11 is 0. The van der Waals surface area contributed by atoms with Gasteiger partial charge in [0.05, 0.1) is 0 Å². The zero-order valence-corrected chi connectivity index (χ0v) is 16.4. The average Bonchev–Trinajstić information content (AvgIpc) is 2.72. The van der Waals surface area contributed by atoms with Crippen molar-refractivity contribution >= 4 is 5.91 Å². The van der Waals surface area contributed by atoms with Gasteiger partial charge in [-0.15, -0.1) is 0 Å². The SMILES string of the molecule is CC(CNC(=O)CC(c1ccccc1)c1ccccc1)CN1CCCCC1. The molecule has 1 aliphatic heterocycles. The number of hydrogen-bond acceptors (Lipinski definition) is 2. The van der Waals surface area contributed by atoms with E-state index in [4.69, 9.17) is 0 Å². The van der Waals surface area contributed by atoms with Crippen LogP contribution in [0.4, 0.5) is 0 Å². The number of hydrogen-bond donors (Lipinski definition) is 1. The number of piperidine rings is 1. The summed E-state index contributed by atoms with van der Waals surface area (Å²) in [6.07, 6.45) is 4.48. The third kappa shape index (κ3) is 6.21. The molecule has 1 amide bonds. The summed E-state index contributed by atoms with van der Waals surface area (Å²) in [5.41, 5.74) is 2.39. The van der Waals surface area contributed by atoms with Crippen molar-refractivity contribution in [3.8, 4) is 0 Å². The second-order valence-corrected chi connectivity index (χ2v) is 7.85. The molecule has 0 bridgehead atoms. The fourth-order valence-corrected chi connectivity index (χ4v) is 3.99. The molecule has 27 heavy (non-hydrogen) atoms. The first-order valence-corrected chi connectivity index (χ1v) is 10.3. The Morgan fingerprint density at radius 1 is 0.926 bits per heavy atom. The van der Waals surface area contributed by atoms with Crippen LogP contribution in [0.5, 0.6) is 0 Å². The molecule has 1 saturated heterocycles. The second kappa shape index (κ2) is 10.3. The fourth-order valence-electron chi connectivity index (χ4n) is 3.99. The van der Waals surface area contributed by atoms with Crippen LogP contribution in [0.2, 0.25) is 0 Å². The van der Waals surface area contributed by atoms with Crippen LogP contribution in [0, 0.1) is 5.92 Å². The minimum absolute atomic E-state index is 0.102. The van der Waals surface area contributed by atoms with E-state index in [0.717, 1.165) is 13.1 Å². The monoisotopic (exact) mass is 364 g/mol. The van der Waals surface area contributed by atoms with E-state index in [-0.39, 0.29) is 11.8 Å². The lowest BCUT2D eigenvalue weighted by atomic mass is 9.88. The molecule has 0 aromatic heterocycles. The van der Waals surface area contributed by atoms with E-state index in [1.807, 2.05) is 36.4 Å². The Morgan fingerprint density at radius 2 is 1.48 bits per heavy atom. The summed E-state index contributed by atoms with van der Waals surface area (Å²) in [6.45, 7) is 6.50. The van der Waals surface area contributed by atoms with Crippen molar-refractivity contribution in [2.24, 2.45) is 5.92 Å². The highest BCUT2D eigenvalue weighted by atomic mass is 16.1. The van der Waals surface area contributed by atoms with E-state index in [2.05, 4.69) is 41.4 Å². The lowest BCUT2D eigenvalue weighted by Crippen LogP contribution is -2.38.